The van der Waals surface area contributed by atoms with Crippen molar-refractivity contribution in [2.24, 2.45) is 0 Å². The van der Waals surface area contributed by atoms with Gasteiger partial charge in [-0.05, 0) is 36.8 Å². The van der Waals surface area contributed by atoms with Crippen LogP contribution in [-0.4, -0.2) is 4.98 Å². The highest BCUT2D eigenvalue weighted by Gasteiger charge is 2.12. The molecule has 2 nitrogen and oxygen atoms in total. The van der Waals surface area contributed by atoms with Gasteiger partial charge in [0.15, 0.2) is 0 Å². The van der Waals surface area contributed by atoms with Gasteiger partial charge in [-0.3, -0.25) is 0 Å². The Hall–Kier alpha value is -0.920. The fraction of sp³-hybridized carbons (Fsp3) is 0.500. The minimum absolute atomic E-state index is 0.884. The molecule has 0 atom stereocenters. The molecule has 0 unspecified atom stereocenters. The standard InChI is InChI=1S/C8H12N2/c9-8-7-4-2-1-3-6(7)5-10-8/h5,10H,1-4,9H2. The molecule has 3 N–H and O–H groups in total. The van der Waals surface area contributed by atoms with E-state index in [4.69, 9.17) is 5.73 Å². The van der Waals surface area contributed by atoms with Crippen molar-refractivity contribution in [2.45, 2.75) is 25.7 Å². The van der Waals surface area contributed by atoms with Gasteiger partial charge in [-0.2, -0.15) is 0 Å². The molecule has 0 aliphatic heterocycles. The Kier molecular flexibility index (Phi) is 1.19. The Morgan fingerprint density at radius 2 is 2.10 bits per heavy atom. The zero-order valence-corrected chi connectivity index (χ0v) is 5.98. The Bertz CT molecular complexity index is 237. The zero-order chi connectivity index (χ0) is 6.97. The summed E-state index contributed by atoms with van der Waals surface area (Å²) in [7, 11) is 0. The third-order valence-corrected chi connectivity index (χ3v) is 2.24. The third kappa shape index (κ3) is 0.719. The topological polar surface area (TPSA) is 41.8 Å². The summed E-state index contributed by atoms with van der Waals surface area (Å²) in [4.78, 5) is 3.06. The first-order valence-electron chi connectivity index (χ1n) is 3.82. The monoisotopic (exact) mass is 136 g/mol. The van der Waals surface area contributed by atoms with E-state index in [0.29, 0.717) is 0 Å². The van der Waals surface area contributed by atoms with Crippen molar-refractivity contribution in [3.63, 3.8) is 0 Å². The number of nitrogen functional groups attached to an aromatic ring is 1. The van der Waals surface area contributed by atoms with Gasteiger partial charge >= 0.3 is 0 Å². The lowest BCUT2D eigenvalue weighted by atomic mass is 9.95. The highest BCUT2D eigenvalue weighted by molar-refractivity contribution is 5.46. The fourth-order valence-electron chi connectivity index (χ4n) is 1.65. The van der Waals surface area contributed by atoms with Crippen molar-refractivity contribution in [1.82, 2.24) is 4.98 Å². The van der Waals surface area contributed by atoms with Gasteiger partial charge in [0.05, 0.1) is 0 Å². The number of aromatic amines is 1. The Balaban J connectivity index is 2.45. The van der Waals surface area contributed by atoms with Crippen LogP contribution in [0.3, 0.4) is 0 Å². The van der Waals surface area contributed by atoms with Crippen molar-refractivity contribution in [2.75, 3.05) is 5.73 Å². The second-order valence-electron chi connectivity index (χ2n) is 2.91. The van der Waals surface area contributed by atoms with Crippen LogP contribution in [0.5, 0.6) is 0 Å². The van der Waals surface area contributed by atoms with Gasteiger partial charge in [-0.1, -0.05) is 0 Å². The van der Waals surface area contributed by atoms with Crippen LogP contribution in [0.4, 0.5) is 5.82 Å². The molecule has 10 heavy (non-hydrogen) atoms. The van der Waals surface area contributed by atoms with E-state index in [9.17, 15) is 0 Å². The van der Waals surface area contributed by atoms with Crippen molar-refractivity contribution < 1.29 is 0 Å². The van der Waals surface area contributed by atoms with Crippen molar-refractivity contribution in [3.8, 4) is 0 Å². The Labute approximate surface area is 60.4 Å². The van der Waals surface area contributed by atoms with E-state index in [2.05, 4.69) is 4.98 Å². The summed E-state index contributed by atoms with van der Waals surface area (Å²) in [6.07, 6.45) is 7.05. The molecule has 0 spiro atoms. The number of fused-ring (bicyclic) bond motifs is 1. The average molecular weight is 136 g/mol. The van der Waals surface area contributed by atoms with Crippen LogP contribution in [0.15, 0.2) is 6.20 Å². The van der Waals surface area contributed by atoms with Gasteiger partial charge < -0.3 is 10.7 Å². The molecular formula is C8H12N2. The lowest BCUT2D eigenvalue weighted by molar-refractivity contribution is 0.691. The van der Waals surface area contributed by atoms with Crippen molar-refractivity contribution in [3.05, 3.63) is 17.3 Å². The van der Waals surface area contributed by atoms with Crippen LogP contribution < -0.4 is 5.73 Å². The number of anilines is 1. The molecule has 0 radical (unpaired) electrons. The van der Waals surface area contributed by atoms with E-state index in [1.165, 1.54) is 36.8 Å². The van der Waals surface area contributed by atoms with E-state index >= 15 is 0 Å². The van der Waals surface area contributed by atoms with E-state index in [0.717, 1.165) is 5.82 Å². The van der Waals surface area contributed by atoms with Crippen LogP contribution in [0.25, 0.3) is 0 Å². The average Bonchev–Trinajstić information content (AvgIpc) is 2.34. The Morgan fingerprint density at radius 1 is 1.30 bits per heavy atom. The molecule has 1 aromatic heterocycles. The molecule has 0 saturated carbocycles. The molecule has 0 bridgehead atoms. The summed E-state index contributed by atoms with van der Waals surface area (Å²) >= 11 is 0. The van der Waals surface area contributed by atoms with Crippen molar-refractivity contribution in [1.29, 1.82) is 0 Å². The molecule has 0 saturated heterocycles. The molecule has 0 fully saturated rings. The molecule has 54 valence electrons. The molecule has 1 aliphatic rings. The summed E-state index contributed by atoms with van der Waals surface area (Å²) in [5.41, 5.74) is 8.51. The number of hydrogen-bond donors (Lipinski definition) is 2. The van der Waals surface area contributed by atoms with E-state index < -0.39 is 0 Å². The first kappa shape index (κ1) is 5.83. The van der Waals surface area contributed by atoms with E-state index in [-0.39, 0.29) is 0 Å². The number of H-pyrrole nitrogens is 1. The van der Waals surface area contributed by atoms with Gasteiger partial charge in [-0.15, -0.1) is 0 Å². The second kappa shape index (κ2) is 2.04. The maximum Gasteiger partial charge on any atom is 0.104 e. The van der Waals surface area contributed by atoms with Crippen LogP contribution in [0.2, 0.25) is 0 Å². The maximum absolute atomic E-state index is 5.71. The van der Waals surface area contributed by atoms with Crippen LogP contribution >= 0.6 is 0 Å². The predicted molar refractivity (Wildman–Crippen MR) is 41.8 cm³/mol. The number of aromatic nitrogens is 1. The number of hydrogen-bond acceptors (Lipinski definition) is 1. The van der Waals surface area contributed by atoms with Gasteiger partial charge in [-0.25, -0.2) is 0 Å². The van der Waals surface area contributed by atoms with Crippen LogP contribution in [0.1, 0.15) is 24.0 Å². The summed E-state index contributed by atoms with van der Waals surface area (Å²) in [6.45, 7) is 0. The second-order valence-corrected chi connectivity index (χ2v) is 2.91. The molecule has 2 heteroatoms. The highest BCUT2D eigenvalue weighted by atomic mass is 14.8. The molecule has 1 heterocycles. The number of nitrogens with two attached hydrogens (primary N) is 1. The van der Waals surface area contributed by atoms with Crippen LogP contribution in [-0.2, 0) is 12.8 Å². The fourth-order valence-corrected chi connectivity index (χ4v) is 1.65. The maximum atomic E-state index is 5.71. The summed E-state index contributed by atoms with van der Waals surface area (Å²) in [5.74, 6) is 0.884. The molecule has 1 aliphatic carbocycles. The molecular weight excluding hydrogens is 124 g/mol. The van der Waals surface area contributed by atoms with E-state index in [1.807, 2.05) is 6.20 Å². The van der Waals surface area contributed by atoms with Gasteiger partial charge in [0, 0.05) is 6.20 Å². The summed E-state index contributed by atoms with van der Waals surface area (Å²) < 4.78 is 0. The first-order valence-corrected chi connectivity index (χ1v) is 3.82. The number of aryl methyl sites for hydroxylation is 1. The molecule has 0 amide bonds. The lowest BCUT2D eigenvalue weighted by Crippen LogP contribution is -2.01. The minimum Gasteiger partial charge on any atom is -0.385 e. The third-order valence-electron chi connectivity index (χ3n) is 2.24. The Morgan fingerprint density at radius 3 is 2.90 bits per heavy atom. The lowest BCUT2D eigenvalue weighted by Gasteiger charge is -2.10. The predicted octanol–water partition coefficient (Wildman–Crippen LogP) is 1.48. The SMILES string of the molecule is Nc1[nH]cc2c1CCCC2. The number of rotatable bonds is 0. The molecule has 1 aromatic rings. The zero-order valence-electron chi connectivity index (χ0n) is 5.98. The van der Waals surface area contributed by atoms with Crippen molar-refractivity contribution >= 4 is 5.82 Å². The van der Waals surface area contributed by atoms with E-state index in [1.54, 1.807) is 0 Å². The quantitative estimate of drug-likeness (QED) is 0.557. The summed E-state index contributed by atoms with van der Waals surface area (Å²) in [6, 6.07) is 0. The highest BCUT2D eigenvalue weighted by Crippen LogP contribution is 2.24. The molecule has 0 aromatic carbocycles. The summed E-state index contributed by atoms with van der Waals surface area (Å²) in [5, 5.41) is 0. The number of nitrogens with one attached hydrogen (secondary N) is 1. The minimum atomic E-state index is 0.884. The van der Waals surface area contributed by atoms with Gasteiger partial charge in [0.25, 0.3) is 0 Å². The first-order chi connectivity index (χ1) is 4.88. The van der Waals surface area contributed by atoms with Crippen LogP contribution in [0, 0.1) is 0 Å². The smallest absolute Gasteiger partial charge is 0.104 e. The van der Waals surface area contributed by atoms with Gasteiger partial charge in [0.2, 0.25) is 0 Å². The molecule has 2 rings (SSSR count). The largest absolute Gasteiger partial charge is 0.385 e. The normalized spacial score (nSPS) is 16.8. The van der Waals surface area contributed by atoms with Gasteiger partial charge in [0.1, 0.15) is 5.82 Å².